The fourth-order valence-corrected chi connectivity index (χ4v) is 2.56. The molecule has 2 N–H and O–H groups in total. The molecule has 19 heavy (non-hydrogen) atoms. The molecule has 0 fully saturated rings. The molecule has 2 aromatic carbocycles. The summed E-state index contributed by atoms with van der Waals surface area (Å²) in [5.41, 5.74) is 8.98. The van der Waals surface area contributed by atoms with Gasteiger partial charge in [0.05, 0.1) is 0 Å². The summed E-state index contributed by atoms with van der Waals surface area (Å²) in [6.45, 7) is 0. The summed E-state index contributed by atoms with van der Waals surface area (Å²) >= 11 is 12.0. The molecule has 0 bridgehead atoms. The van der Waals surface area contributed by atoms with Crippen molar-refractivity contribution in [1.29, 1.82) is 0 Å². The number of nitrogen functional groups attached to an aromatic ring is 1. The van der Waals surface area contributed by atoms with E-state index in [1.165, 1.54) is 11.1 Å². The summed E-state index contributed by atoms with van der Waals surface area (Å²) in [6.07, 6.45) is 4.32. The molecule has 0 aromatic heterocycles. The Morgan fingerprint density at radius 1 is 0.842 bits per heavy atom. The molecule has 2 aromatic rings. The third-order valence-electron chi connectivity index (χ3n) is 3.16. The van der Waals surface area contributed by atoms with Gasteiger partial charge in [0.25, 0.3) is 0 Å². The van der Waals surface area contributed by atoms with Crippen LogP contribution in [-0.2, 0) is 12.8 Å². The molecule has 100 valence electrons. The number of hydrogen-bond acceptors (Lipinski definition) is 1. The third-order valence-corrected chi connectivity index (χ3v) is 3.74. The number of aryl methyl sites for hydroxylation is 2. The number of benzene rings is 2. The largest absolute Gasteiger partial charge is 0.399 e. The van der Waals surface area contributed by atoms with Crippen LogP contribution in [0.5, 0.6) is 0 Å². The SMILES string of the molecule is Nc1ccc(CCCCc2ccc(Cl)cc2Cl)cc1. The van der Waals surface area contributed by atoms with Crippen molar-refractivity contribution in [3.63, 3.8) is 0 Å². The van der Waals surface area contributed by atoms with E-state index in [4.69, 9.17) is 28.9 Å². The van der Waals surface area contributed by atoms with Gasteiger partial charge in [-0.2, -0.15) is 0 Å². The standard InChI is InChI=1S/C16H17Cl2N/c17-14-8-7-13(16(18)11-14)4-2-1-3-12-5-9-15(19)10-6-12/h5-11H,1-4,19H2. The Balaban J connectivity index is 1.79. The molecule has 0 saturated carbocycles. The van der Waals surface area contributed by atoms with Crippen molar-refractivity contribution in [2.24, 2.45) is 0 Å². The van der Waals surface area contributed by atoms with E-state index in [1.54, 1.807) is 6.07 Å². The van der Waals surface area contributed by atoms with Gasteiger partial charge in [-0.1, -0.05) is 41.4 Å². The van der Waals surface area contributed by atoms with Crippen molar-refractivity contribution < 1.29 is 0 Å². The van der Waals surface area contributed by atoms with Crippen molar-refractivity contribution in [2.45, 2.75) is 25.7 Å². The molecule has 0 amide bonds. The highest BCUT2D eigenvalue weighted by molar-refractivity contribution is 6.35. The normalized spacial score (nSPS) is 10.6. The minimum Gasteiger partial charge on any atom is -0.399 e. The smallest absolute Gasteiger partial charge is 0.0452 e. The van der Waals surface area contributed by atoms with Crippen LogP contribution < -0.4 is 5.73 Å². The van der Waals surface area contributed by atoms with Crippen molar-refractivity contribution in [3.8, 4) is 0 Å². The molecule has 2 rings (SSSR count). The number of rotatable bonds is 5. The van der Waals surface area contributed by atoms with Crippen LogP contribution in [-0.4, -0.2) is 0 Å². The fourth-order valence-electron chi connectivity index (χ4n) is 2.05. The Morgan fingerprint density at radius 2 is 1.53 bits per heavy atom. The monoisotopic (exact) mass is 293 g/mol. The average molecular weight is 294 g/mol. The molecule has 0 unspecified atom stereocenters. The van der Waals surface area contributed by atoms with E-state index in [2.05, 4.69) is 12.1 Å². The van der Waals surface area contributed by atoms with Gasteiger partial charge >= 0.3 is 0 Å². The summed E-state index contributed by atoms with van der Waals surface area (Å²) in [5.74, 6) is 0. The lowest BCUT2D eigenvalue weighted by Crippen LogP contribution is -1.91. The Bertz CT molecular complexity index is 535. The Kier molecular flexibility index (Phi) is 5.12. The van der Waals surface area contributed by atoms with Crippen LogP contribution in [0.25, 0.3) is 0 Å². The molecule has 0 saturated heterocycles. The second kappa shape index (κ2) is 6.83. The van der Waals surface area contributed by atoms with Gasteiger partial charge in [0, 0.05) is 15.7 Å². The fraction of sp³-hybridized carbons (Fsp3) is 0.250. The molecular weight excluding hydrogens is 277 g/mol. The molecule has 0 spiro atoms. The second-order valence-electron chi connectivity index (χ2n) is 4.68. The van der Waals surface area contributed by atoms with Gasteiger partial charge in [0.1, 0.15) is 0 Å². The molecule has 3 heteroatoms. The maximum atomic E-state index is 6.14. The quantitative estimate of drug-likeness (QED) is 0.599. The molecule has 0 aliphatic heterocycles. The molecule has 0 radical (unpaired) electrons. The van der Waals surface area contributed by atoms with E-state index in [0.29, 0.717) is 5.02 Å². The van der Waals surface area contributed by atoms with E-state index >= 15 is 0 Å². The van der Waals surface area contributed by atoms with E-state index in [0.717, 1.165) is 36.4 Å². The zero-order chi connectivity index (χ0) is 13.7. The van der Waals surface area contributed by atoms with Gasteiger partial charge in [0.2, 0.25) is 0 Å². The predicted molar refractivity (Wildman–Crippen MR) is 84.0 cm³/mol. The van der Waals surface area contributed by atoms with Crippen molar-refractivity contribution in [3.05, 3.63) is 63.6 Å². The number of nitrogens with two attached hydrogens (primary N) is 1. The van der Waals surface area contributed by atoms with Crippen molar-refractivity contribution >= 4 is 28.9 Å². The summed E-state index contributed by atoms with van der Waals surface area (Å²) in [6, 6.07) is 13.8. The van der Waals surface area contributed by atoms with E-state index in [9.17, 15) is 0 Å². The van der Waals surface area contributed by atoms with Crippen LogP contribution in [0.1, 0.15) is 24.0 Å². The Labute approximate surface area is 124 Å². The average Bonchev–Trinajstić information content (AvgIpc) is 2.39. The van der Waals surface area contributed by atoms with Gasteiger partial charge in [-0.3, -0.25) is 0 Å². The highest BCUT2D eigenvalue weighted by atomic mass is 35.5. The van der Waals surface area contributed by atoms with Crippen molar-refractivity contribution in [2.75, 3.05) is 5.73 Å². The Hall–Kier alpha value is -1.18. The van der Waals surface area contributed by atoms with Crippen LogP contribution in [0.15, 0.2) is 42.5 Å². The first-order valence-electron chi connectivity index (χ1n) is 6.43. The number of anilines is 1. The maximum absolute atomic E-state index is 6.14. The molecule has 0 aliphatic rings. The zero-order valence-corrected chi connectivity index (χ0v) is 12.2. The van der Waals surface area contributed by atoms with Crippen LogP contribution in [0.3, 0.4) is 0 Å². The summed E-state index contributed by atoms with van der Waals surface area (Å²) < 4.78 is 0. The highest BCUT2D eigenvalue weighted by Gasteiger charge is 2.01. The van der Waals surface area contributed by atoms with Crippen LogP contribution >= 0.6 is 23.2 Å². The highest BCUT2D eigenvalue weighted by Crippen LogP contribution is 2.22. The third kappa shape index (κ3) is 4.45. The van der Waals surface area contributed by atoms with Gasteiger partial charge in [-0.25, -0.2) is 0 Å². The molecule has 0 heterocycles. The molecule has 0 aliphatic carbocycles. The summed E-state index contributed by atoms with van der Waals surface area (Å²) in [4.78, 5) is 0. The molecule has 0 atom stereocenters. The van der Waals surface area contributed by atoms with Crippen molar-refractivity contribution in [1.82, 2.24) is 0 Å². The predicted octanol–water partition coefficient (Wildman–Crippen LogP) is 5.14. The van der Waals surface area contributed by atoms with E-state index in [-0.39, 0.29) is 0 Å². The number of hydrogen-bond donors (Lipinski definition) is 1. The molecular formula is C16H17Cl2N. The molecule has 1 nitrogen and oxygen atoms in total. The van der Waals surface area contributed by atoms with Crippen LogP contribution in [0.2, 0.25) is 10.0 Å². The Morgan fingerprint density at radius 3 is 2.21 bits per heavy atom. The summed E-state index contributed by atoms with van der Waals surface area (Å²) in [5, 5.41) is 1.45. The first kappa shape index (κ1) is 14.2. The van der Waals surface area contributed by atoms with E-state index < -0.39 is 0 Å². The van der Waals surface area contributed by atoms with Gasteiger partial charge in [-0.05, 0) is 61.1 Å². The minimum atomic E-state index is 0.690. The van der Waals surface area contributed by atoms with E-state index in [1.807, 2.05) is 24.3 Å². The van der Waals surface area contributed by atoms with Gasteiger partial charge in [-0.15, -0.1) is 0 Å². The lowest BCUT2D eigenvalue weighted by atomic mass is 10.0. The number of halogens is 2. The lowest BCUT2D eigenvalue weighted by molar-refractivity contribution is 0.734. The lowest BCUT2D eigenvalue weighted by Gasteiger charge is -2.05. The maximum Gasteiger partial charge on any atom is 0.0452 e. The minimum absolute atomic E-state index is 0.690. The topological polar surface area (TPSA) is 26.0 Å². The van der Waals surface area contributed by atoms with Crippen LogP contribution in [0, 0.1) is 0 Å². The zero-order valence-electron chi connectivity index (χ0n) is 10.7. The van der Waals surface area contributed by atoms with Crippen LogP contribution in [0.4, 0.5) is 5.69 Å². The summed E-state index contributed by atoms with van der Waals surface area (Å²) in [7, 11) is 0. The van der Waals surface area contributed by atoms with Gasteiger partial charge < -0.3 is 5.73 Å². The first-order valence-corrected chi connectivity index (χ1v) is 7.19. The second-order valence-corrected chi connectivity index (χ2v) is 5.53. The first-order chi connectivity index (χ1) is 9.15. The van der Waals surface area contributed by atoms with Gasteiger partial charge in [0.15, 0.2) is 0 Å². The number of unbranched alkanes of at least 4 members (excludes halogenated alkanes) is 1.